The van der Waals surface area contributed by atoms with Gasteiger partial charge in [-0.3, -0.25) is 0 Å². The maximum atomic E-state index is 2.33. The van der Waals surface area contributed by atoms with E-state index in [0.29, 0.717) is 0 Å². The first-order valence-corrected chi connectivity index (χ1v) is 17.4. The second-order valence-electron chi connectivity index (χ2n) is 10.9. The second-order valence-corrected chi connectivity index (χ2v) is 10.9. The zero-order valence-corrected chi connectivity index (χ0v) is 30.4. The van der Waals surface area contributed by atoms with Crippen LogP contribution in [-0.2, 0) is 0 Å². The van der Waals surface area contributed by atoms with Gasteiger partial charge >= 0.3 is 0 Å². The smallest absolute Gasteiger partial charge is 0.00266 e. The highest BCUT2D eigenvalue weighted by atomic mass is 14.1. The fraction of sp³-hybridized carbons (Fsp3) is 0.261. The van der Waals surface area contributed by atoms with Crippen molar-refractivity contribution in [1.82, 2.24) is 0 Å². The van der Waals surface area contributed by atoms with Crippen molar-refractivity contribution in [3.63, 3.8) is 0 Å². The van der Waals surface area contributed by atoms with Gasteiger partial charge in [-0.1, -0.05) is 165 Å². The molecule has 0 spiro atoms. The molecule has 238 valence electrons. The molecule has 0 saturated heterocycles. The summed E-state index contributed by atoms with van der Waals surface area (Å²) in [5.74, 6) is 0. The Balaban J connectivity index is 0.000000207. The SMILES string of the molecule is CC.CC.CC.CC.Cc1cc2c3ccccc3c(C)cc2c2ccccc12.Cc1cc2ccc3cc(C)cc4ccc(c1)c2c34. The van der Waals surface area contributed by atoms with Crippen LogP contribution in [0.1, 0.15) is 77.6 Å². The molecule has 46 heavy (non-hydrogen) atoms. The first kappa shape index (κ1) is 36.1. The van der Waals surface area contributed by atoms with Gasteiger partial charge in [0.1, 0.15) is 0 Å². The molecule has 0 fully saturated rings. The Morgan fingerprint density at radius 3 is 0.826 bits per heavy atom. The average Bonchev–Trinajstić information content (AvgIpc) is 3.11. The predicted molar refractivity (Wildman–Crippen MR) is 213 cm³/mol. The van der Waals surface area contributed by atoms with Crippen LogP contribution in [-0.4, -0.2) is 0 Å². The highest BCUT2D eigenvalue weighted by Crippen LogP contribution is 2.36. The van der Waals surface area contributed by atoms with E-state index in [4.69, 9.17) is 0 Å². The van der Waals surface area contributed by atoms with E-state index < -0.39 is 0 Å². The lowest BCUT2D eigenvalue weighted by atomic mass is 9.92. The molecule has 0 heteroatoms. The number of hydrogen-bond donors (Lipinski definition) is 0. The van der Waals surface area contributed by atoms with E-state index in [2.05, 4.69) is 137 Å². The zero-order chi connectivity index (χ0) is 34.0. The van der Waals surface area contributed by atoms with Crippen molar-refractivity contribution in [2.24, 2.45) is 0 Å². The molecule has 0 heterocycles. The highest BCUT2D eigenvalue weighted by molar-refractivity contribution is 6.23. The molecule has 0 nitrogen and oxygen atoms in total. The third kappa shape index (κ3) is 7.02. The van der Waals surface area contributed by atoms with Gasteiger partial charge < -0.3 is 0 Å². The lowest BCUT2D eigenvalue weighted by Crippen LogP contribution is -1.86. The van der Waals surface area contributed by atoms with Gasteiger partial charge in [0.2, 0.25) is 0 Å². The molecule has 0 aromatic heterocycles. The van der Waals surface area contributed by atoms with Gasteiger partial charge in [-0.15, -0.1) is 0 Å². The minimum Gasteiger partial charge on any atom is -0.0683 e. The Hall–Kier alpha value is -4.42. The number of rotatable bonds is 0. The van der Waals surface area contributed by atoms with Crippen molar-refractivity contribution in [2.45, 2.75) is 83.1 Å². The summed E-state index contributed by atoms with van der Waals surface area (Å²) in [4.78, 5) is 0. The molecule has 0 unspecified atom stereocenters. The summed E-state index contributed by atoms with van der Waals surface area (Å²) >= 11 is 0. The third-order valence-electron chi connectivity index (χ3n) is 8.12. The Bertz CT molecular complexity index is 1940. The summed E-state index contributed by atoms with van der Waals surface area (Å²) in [7, 11) is 0. The molecular formula is C46H54. The summed E-state index contributed by atoms with van der Waals surface area (Å²) in [5, 5.41) is 16.4. The Kier molecular flexibility index (Phi) is 13.1. The molecule has 0 radical (unpaired) electrons. The van der Waals surface area contributed by atoms with Crippen LogP contribution in [0.2, 0.25) is 0 Å². The molecule has 0 N–H and O–H groups in total. The van der Waals surface area contributed by atoms with Crippen LogP contribution in [0.4, 0.5) is 0 Å². The fourth-order valence-corrected chi connectivity index (χ4v) is 6.46. The van der Waals surface area contributed by atoms with Crippen molar-refractivity contribution in [3.8, 4) is 0 Å². The van der Waals surface area contributed by atoms with Crippen LogP contribution in [0.15, 0.2) is 109 Å². The molecular weight excluding hydrogens is 553 g/mol. The van der Waals surface area contributed by atoms with Gasteiger partial charge in [0, 0.05) is 0 Å². The van der Waals surface area contributed by atoms with E-state index in [1.54, 1.807) is 0 Å². The quantitative estimate of drug-likeness (QED) is 0.151. The van der Waals surface area contributed by atoms with Gasteiger partial charge in [0.15, 0.2) is 0 Å². The van der Waals surface area contributed by atoms with Crippen LogP contribution < -0.4 is 0 Å². The third-order valence-corrected chi connectivity index (χ3v) is 8.12. The summed E-state index contributed by atoms with van der Waals surface area (Å²) in [6.45, 7) is 24.7. The van der Waals surface area contributed by atoms with E-state index in [1.165, 1.54) is 86.9 Å². The molecule has 8 rings (SSSR count). The van der Waals surface area contributed by atoms with E-state index in [-0.39, 0.29) is 0 Å². The largest absolute Gasteiger partial charge is 0.0683 e. The first-order valence-electron chi connectivity index (χ1n) is 17.4. The highest BCUT2D eigenvalue weighted by Gasteiger charge is 2.10. The first-order chi connectivity index (χ1) is 22.5. The van der Waals surface area contributed by atoms with Crippen molar-refractivity contribution >= 4 is 64.6 Å². The Morgan fingerprint density at radius 1 is 0.283 bits per heavy atom. The summed E-state index contributed by atoms with van der Waals surface area (Å²) in [6.07, 6.45) is 0. The lowest BCUT2D eigenvalue weighted by Gasteiger charge is -2.12. The zero-order valence-electron chi connectivity index (χ0n) is 30.4. The van der Waals surface area contributed by atoms with Crippen molar-refractivity contribution in [3.05, 3.63) is 131 Å². The molecule has 0 amide bonds. The summed E-state index contributed by atoms with van der Waals surface area (Å²) in [5.41, 5.74) is 5.36. The van der Waals surface area contributed by atoms with Crippen molar-refractivity contribution in [1.29, 1.82) is 0 Å². The molecule has 8 aromatic carbocycles. The number of aryl methyl sites for hydroxylation is 4. The summed E-state index contributed by atoms with van der Waals surface area (Å²) in [6, 6.07) is 40.2. The standard InChI is InChI=1S/C20H16.C18H14.4C2H6/c1-13-11-19-18-10-6-4-8-16(18)14(2)12-20(19)17-9-5-3-7-15(13)17;1-11-7-13-3-5-15-9-12(2)10-16-6-4-14(8-11)17(13)18(15)16;4*1-2/h3-12H,1-2H3;3-10H,1-2H3;4*1-2H3. The van der Waals surface area contributed by atoms with Crippen LogP contribution in [0.3, 0.4) is 0 Å². The van der Waals surface area contributed by atoms with Crippen LogP contribution in [0, 0.1) is 27.7 Å². The second kappa shape index (κ2) is 16.8. The molecule has 0 aliphatic rings. The fourth-order valence-electron chi connectivity index (χ4n) is 6.46. The molecule has 8 aromatic rings. The van der Waals surface area contributed by atoms with Gasteiger partial charge in [0.05, 0.1) is 0 Å². The topological polar surface area (TPSA) is 0 Å². The maximum Gasteiger partial charge on any atom is -0.00266 e. The number of fused-ring (bicyclic) bond motifs is 5. The maximum absolute atomic E-state index is 2.33. The van der Waals surface area contributed by atoms with Crippen molar-refractivity contribution in [2.75, 3.05) is 0 Å². The van der Waals surface area contributed by atoms with Gasteiger partial charge in [-0.2, -0.15) is 0 Å². The normalized spacial score (nSPS) is 10.2. The van der Waals surface area contributed by atoms with Crippen LogP contribution in [0.25, 0.3) is 64.6 Å². The molecule has 0 atom stereocenters. The van der Waals surface area contributed by atoms with E-state index in [0.717, 1.165) is 0 Å². The number of benzene rings is 8. The molecule has 0 aliphatic heterocycles. The Morgan fingerprint density at radius 2 is 0.543 bits per heavy atom. The van der Waals surface area contributed by atoms with Gasteiger partial charge in [0.25, 0.3) is 0 Å². The van der Waals surface area contributed by atoms with Crippen LogP contribution >= 0.6 is 0 Å². The van der Waals surface area contributed by atoms with Crippen LogP contribution in [0.5, 0.6) is 0 Å². The number of hydrogen-bond acceptors (Lipinski definition) is 0. The summed E-state index contributed by atoms with van der Waals surface area (Å²) < 4.78 is 0. The minimum atomic E-state index is 1.33. The molecule has 0 aliphatic carbocycles. The van der Waals surface area contributed by atoms with E-state index in [9.17, 15) is 0 Å². The average molecular weight is 607 g/mol. The molecule has 0 bridgehead atoms. The minimum absolute atomic E-state index is 1.33. The monoisotopic (exact) mass is 606 g/mol. The van der Waals surface area contributed by atoms with E-state index in [1.807, 2.05) is 55.4 Å². The van der Waals surface area contributed by atoms with Crippen molar-refractivity contribution < 1.29 is 0 Å². The van der Waals surface area contributed by atoms with Gasteiger partial charge in [-0.05, 0) is 115 Å². The Labute approximate surface area is 278 Å². The van der Waals surface area contributed by atoms with E-state index >= 15 is 0 Å². The molecule has 0 saturated carbocycles. The predicted octanol–water partition coefficient (Wildman–Crippen LogP) is 15.1. The lowest BCUT2D eigenvalue weighted by molar-refractivity contribution is 1.50. The van der Waals surface area contributed by atoms with Gasteiger partial charge in [-0.25, -0.2) is 0 Å².